The molecule has 19 heavy (non-hydrogen) atoms. The minimum Gasteiger partial charge on any atom is -0.391 e. The molecule has 102 valence electrons. The first-order valence-electron chi connectivity index (χ1n) is 6.24. The van der Waals surface area contributed by atoms with Crippen LogP contribution < -0.4 is 5.32 Å². The number of nitrogens with zero attached hydrogens (tertiary/aromatic N) is 1. The van der Waals surface area contributed by atoms with Gasteiger partial charge in [0.05, 0.1) is 17.4 Å². The van der Waals surface area contributed by atoms with Crippen molar-refractivity contribution >= 4 is 11.6 Å². The highest BCUT2D eigenvalue weighted by Gasteiger charge is 2.29. The van der Waals surface area contributed by atoms with Crippen LogP contribution in [0.2, 0.25) is 0 Å². The quantitative estimate of drug-likeness (QED) is 0.592. The van der Waals surface area contributed by atoms with E-state index in [-0.39, 0.29) is 24.6 Å². The van der Waals surface area contributed by atoms with Gasteiger partial charge in [0.15, 0.2) is 0 Å². The number of amides is 1. The first-order chi connectivity index (χ1) is 9.06. The fraction of sp³-hybridized carbons (Fsp3) is 0.462. The zero-order valence-electron chi connectivity index (χ0n) is 10.4. The van der Waals surface area contributed by atoms with Gasteiger partial charge < -0.3 is 10.4 Å². The number of nitro groups is 1. The maximum absolute atomic E-state index is 11.6. The van der Waals surface area contributed by atoms with Crippen LogP contribution in [0, 0.1) is 16.0 Å². The Labute approximate surface area is 110 Å². The molecule has 6 heteroatoms. The molecule has 2 rings (SSSR count). The van der Waals surface area contributed by atoms with Crippen LogP contribution in [0.4, 0.5) is 5.69 Å². The second-order valence-electron chi connectivity index (χ2n) is 4.81. The third kappa shape index (κ3) is 4.03. The molecule has 0 saturated heterocycles. The summed E-state index contributed by atoms with van der Waals surface area (Å²) in [6.07, 6.45) is 1.64. The van der Waals surface area contributed by atoms with Crippen molar-refractivity contribution in [2.24, 2.45) is 5.92 Å². The number of rotatable bonds is 6. The Balaban J connectivity index is 1.84. The Morgan fingerprint density at radius 3 is 2.89 bits per heavy atom. The molecule has 0 radical (unpaired) electrons. The van der Waals surface area contributed by atoms with E-state index in [0.29, 0.717) is 11.5 Å². The van der Waals surface area contributed by atoms with Gasteiger partial charge in [0.1, 0.15) is 0 Å². The molecule has 1 saturated carbocycles. The summed E-state index contributed by atoms with van der Waals surface area (Å²) >= 11 is 0. The number of aliphatic hydroxyl groups is 1. The zero-order valence-corrected chi connectivity index (χ0v) is 10.4. The van der Waals surface area contributed by atoms with Crippen LogP contribution in [-0.2, 0) is 11.2 Å². The fourth-order valence-electron chi connectivity index (χ4n) is 1.89. The highest BCUT2D eigenvalue weighted by atomic mass is 16.6. The van der Waals surface area contributed by atoms with Gasteiger partial charge >= 0.3 is 0 Å². The predicted octanol–water partition coefficient (Wildman–Crippen LogP) is 1.02. The standard InChI is InChI=1S/C13H16N2O4/c16-12(10-4-5-10)8-14-13(17)7-9-2-1-3-11(6-9)15(18)19/h1-3,6,10,12,16H,4-5,7-8H2,(H,14,17). The van der Waals surface area contributed by atoms with E-state index in [9.17, 15) is 20.0 Å². The van der Waals surface area contributed by atoms with Crippen LogP contribution >= 0.6 is 0 Å². The summed E-state index contributed by atoms with van der Waals surface area (Å²) in [4.78, 5) is 21.8. The third-order valence-electron chi connectivity index (χ3n) is 3.16. The number of aliphatic hydroxyl groups excluding tert-OH is 1. The van der Waals surface area contributed by atoms with Crippen LogP contribution in [0.5, 0.6) is 0 Å². The van der Waals surface area contributed by atoms with Crippen molar-refractivity contribution in [2.45, 2.75) is 25.4 Å². The summed E-state index contributed by atoms with van der Waals surface area (Å²) in [5.41, 5.74) is 0.566. The molecule has 1 atom stereocenters. The maximum Gasteiger partial charge on any atom is 0.269 e. The summed E-state index contributed by atoms with van der Waals surface area (Å²) in [6.45, 7) is 0.248. The van der Waals surface area contributed by atoms with Gasteiger partial charge in [0, 0.05) is 18.7 Å². The molecule has 0 aliphatic heterocycles. The van der Waals surface area contributed by atoms with Crippen molar-refractivity contribution in [1.29, 1.82) is 0 Å². The van der Waals surface area contributed by atoms with Crippen LogP contribution in [0.3, 0.4) is 0 Å². The topological polar surface area (TPSA) is 92.5 Å². The number of benzene rings is 1. The van der Waals surface area contributed by atoms with Gasteiger partial charge in [-0.1, -0.05) is 12.1 Å². The van der Waals surface area contributed by atoms with E-state index in [1.165, 1.54) is 12.1 Å². The monoisotopic (exact) mass is 264 g/mol. The number of hydrogen-bond donors (Lipinski definition) is 2. The second kappa shape index (κ2) is 5.79. The normalized spacial score (nSPS) is 15.8. The maximum atomic E-state index is 11.6. The van der Waals surface area contributed by atoms with E-state index < -0.39 is 11.0 Å². The van der Waals surface area contributed by atoms with Gasteiger partial charge in [0.2, 0.25) is 5.91 Å². The summed E-state index contributed by atoms with van der Waals surface area (Å²) in [5.74, 6) is 0.0818. The lowest BCUT2D eigenvalue weighted by Crippen LogP contribution is -2.34. The molecule has 0 spiro atoms. The van der Waals surface area contributed by atoms with E-state index >= 15 is 0 Å². The van der Waals surface area contributed by atoms with E-state index in [2.05, 4.69) is 5.32 Å². The zero-order chi connectivity index (χ0) is 13.8. The van der Waals surface area contributed by atoms with Crippen molar-refractivity contribution in [2.75, 3.05) is 6.54 Å². The number of non-ortho nitro benzene ring substituents is 1. The lowest BCUT2D eigenvalue weighted by Gasteiger charge is -2.10. The van der Waals surface area contributed by atoms with E-state index in [1.54, 1.807) is 12.1 Å². The molecular weight excluding hydrogens is 248 g/mol. The molecule has 1 aromatic carbocycles. The third-order valence-corrected chi connectivity index (χ3v) is 3.16. The summed E-state index contributed by atoms with van der Waals surface area (Å²) in [7, 11) is 0. The molecule has 0 heterocycles. The molecular formula is C13H16N2O4. The number of carbonyl (C=O) groups excluding carboxylic acids is 1. The minimum atomic E-state index is -0.488. The highest BCUT2D eigenvalue weighted by molar-refractivity contribution is 5.78. The lowest BCUT2D eigenvalue weighted by atomic mass is 10.1. The number of carbonyl (C=O) groups is 1. The fourth-order valence-corrected chi connectivity index (χ4v) is 1.89. The van der Waals surface area contributed by atoms with Gasteiger partial charge in [-0.05, 0) is 24.3 Å². The Morgan fingerprint density at radius 1 is 1.53 bits per heavy atom. The van der Waals surface area contributed by atoms with Crippen molar-refractivity contribution < 1.29 is 14.8 Å². The summed E-state index contributed by atoms with van der Waals surface area (Å²) in [6, 6.07) is 6.00. The smallest absolute Gasteiger partial charge is 0.269 e. The first-order valence-corrected chi connectivity index (χ1v) is 6.24. The van der Waals surface area contributed by atoms with Gasteiger partial charge in [-0.3, -0.25) is 14.9 Å². The largest absolute Gasteiger partial charge is 0.391 e. The van der Waals surface area contributed by atoms with Gasteiger partial charge in [-0.25, -0.2) is 0 Å². The van der Waals surface area contributed by atoms with Crippen LogP contribution in [0.15, 0.2) is 24.3 Å². The van der Waals surface area contributed by atoms with Crippen molar-refractivity contribution in [3.8, 4) is 0 Å². The van der Waals surface area contributed by atoms with Gasteiger partial charge in [-0.15, -0.1) is 0 Å². The Bertz CT molecular complexity index is 485. The average molecular weight is 264 g/mol. The molecule has 1 unspecified atom stereocenters. The Hall–Kier alpha value is -1.95. The molecule has 2 N–H and O–H groups in total. The second-order valence-corrected chi connectivity index (χ2v) is 4.81. The van der Waals surface area contributed by atoms with Crippen LogP contribution in [0.25, 0.3) is 0 Å². The van der Waals surface area contributed by atoms with Crippen LogP contribution in [0.1, 0.15) is 18.4 Å². The Morgan fingerprint density at radius 2 is 2.26 bits per heavy atom. The molecule has 1 aliphatic carbocycles. The molecule has 0 bridgehead atoms. The van der Waals surface area contributed by atoms with Crippen molar-refractivity contribution in [3.05, 3.63) is 39.9 Å². The summed E-state index contributed by atoms with van der Waals surface area (Å²) in [5, 5.41) is 22.9. The number of nitro benzene ring substituents is 1. The lowest BCUT2D eigenvalue weighted by molar-refractivity contribution is -0.384. The molecule has 0 aromatic heterocycles. The highest BCUT2D eigenvalue weighted by Crippen LogP contribution is 2.32. The van der Waals surface area contributed by atoms with E-state index in [0.717, 1.165) is 12.8 Å². The average Bonchev–Trinajstić information content (AvgIpc) is 3.20. The van der Waals surface area contributed by atoms with Crippen LogP contribution in [-0.4, -0.2) is 28.6 Å². The first kappa shape index (κ1) is 13.5. The SMILES string of the molecule is O=C(Cc1cccc([N+](=O)[O-])c1)NCC(O)C1CC1. The molecule has 6 nitrogen and oxygen atoms in total. The predicted molar refractivity (Wildman–Crippen MR) is 68.5 cm³/mol. The van der Waals surface area contributed by atoms with Crippen molar-refractivity contribution in [1.82, 2.24) is 5.32 Å². The minimum absolute atomic E-state index is 0.0247. The van der Waals surface area contributed by atoms with E-state index in [4.69, 9.17) is 0 Å². The number of hydrogen-bond acceptors (Lipinski definition) is 4. The molecule has 1 fully saturated rings. The molecule has 1 amide bonds. The molecule has 1 aliphatic rings. The summed E-state index contributed by atoms with van der Waals surface area (Å²) < 4.78 is 0. The van der Waals surface area contributed by atoms with Gasteiger partial charge in [-0.2, -0.15) is 0 Å². The van der Waals surface area contributed by atoms with Gasteiger partial charge in [0.25, 0.3) is 5.69 Å². The Kier molecular flexibility index (Phi) is 4.11. The van der Waals surface area contributed by atoms with Crippen molar-refractivity contribution in [3.63, 3.8) is 0 Å². The number of nitrogens with one attached hydrogen (secondary N) is 1. The molecule has 1 aromatic rings. The van der Waals surface area contributed by atoms with E-state index in [1.807, 2.05) is 0 Å².